The van der Waals surface area contributed by atoms with E-state index in [0.29, 0.717) is 23.3 Å². The molecule has 0 aliphatic rings. The number of pyridine rings is 1. The molecule has 0 unspecified atom stereocenters. The van der Waals surface area contributed by atoms with Crippen LogP contribution in [-0.4, -0.2) is 22.0 Å². The lowest BCUT2D eigenvalue weighted by Gasteiger charge is -2.12. The molecule has 7 heteroatoms. The zero-order chi connectivity index (χ0) is 14.5. The molecule has 0 fully saturated rings. The summed E-state index contributed by atoms with van der Waals surface area (Å²) in [6.07, 6.45) is 1.68. The van der Waals surface area contributed by atoms with Gasteiger partial charge in [-0.2, -0.15) is 0 Å². The Kier molecular flexibility index (Phi) is 4.52. The Labute approximate surface area is 121 Å². The molecule has 0 radical (unpaired) electrons. The Hall–Kier alpha value is -2.15. The van der Waals surface area contributed by atoms with Crippen LogP contribution in [0.2, 0.25) is 0 Å². The molecule has 0 saturated carbocycles. The fourth-order valence-electron chi connectivity index (χ4n) is 1.55. The fourth-order valence-corrected chi connectivity index (χ4v) is 2.09. The number of nitrogens with one attached hydrogen (secondary N) is 1. The summed E-state index contributed by atoms with van der Waals surface area (Å²) in [7, 11) is 0. The minimum absolute atomic E-state index is 0.0256. The number of nitrogens with two attached hydrogens (primary N) is 1. The van der Waals surface area contributed by atoms with Crippen LogP contribution in [0.5, 0.6) is 5.88 Å². The van der Waals surface area contributed by atoms with Gasteiger partial charge >= 0.3 is 0 Å². The number of carbonyl (C=O) groups is 1. The SMILES string of the molecule is CC(C)Oc1ncccc1CNC(=O)c1csc(N)n1. The molecule has 20 heavy (non-hydrogen) atoms. The van der Waals surface area contributed by atoms with Crippen molar-refractivity contribution in [3.05, 3.63) is 35.0 Å². The Balaban J connectivity index is 2.02. The van der Waals surface area contributed by atoms with E-state index in [1.165, 1.54) is 11.3 Å². The third-order valence-electron chi connectivity index (χ3n) is 2.39. The molecule has 0 atom stereocenters. The second-order valence-electron chi connectivity index (χ2n) is 4.39. The van der Waals surface area contributed by atoms with E-state index >= 15 is 0 Å². The number of anilines is 1. The molecule has 0 saturated heterocycles. The normalized spacial score (nSPS) is 10.6. The molecule has 0 spiro atoms. The predicted octanol–water partition coefficient (Wildman–Crippen LogP) is 1.84. The van der Waals surface area contributed by atoms with Crippen LogP contribution < -0.4 is 15.8 Å². The molecular formula is C13H16N4O2S. The fraction of sp³-hybridized carbons (Fsp3) is 0.308. The number of rotatable bonds is 5. The summed E-state index contributed by atoms with van der Waals surface area (Å²) in [4.78, 5) is 20.0. The van der Waals surface area contributed by atoms with Crippen LogP contribution in [-0.2, 0) is 6.54 Å². The van der Waals surface area contributed by atoms with Gasteiger partial charge in [0.15, 0.2) is 5.13 Å². The van der Waals surface area contributed by atoms with Crippen molar-refractivity contribution in [2.24, 2.45) is 0 Å². The molecule has 0 aliphatic heterocycles. The van der Waals surface area contributed by atoms with Crippen molar-refractivity contribution in [3.63, 3.8) is 0 Å². The number of hydrogen-bond donors (Lipinski definition) is 2. The zero-order valence-corrected chi connectivity index (χ0v) is 12.1. The summed E-state index contributed by atoms with van der Waals surface area (Å²) in [5.41, 5.74) is 6.64. The van der Waals surface area contributed by atoms with E-state index in [0.717, 1.165) is 5.56 Å². The first kappa shape index (κ1) is 14.3. The quantitative estimate of drug-likeness (QED) is 0.877. The molecule has 0 bridgehead atoms. The van der Waals surface area contributed by atoms with E-state index in [4.69, 9.17) is 10.5 Å². The lowest BCUT2D eigenvalue weighted by Crippen LogP contribution is -2.24. The van der Waals surface area contributed by atoms with E-state index in [2.05, 4.69) is 15.3 Å². The standard InChI is InChI=1S/C13H16N4O2S/c1-8(2)19-12-9(4-3-5-15-12)6-16-11(18)10-7-20-13(14)17-10/h3-5,7-8H,6H2,1-2H3,(H2,14,17)(H,16,18). The Morgan fingerprint density at radius 1 is 1.55 bits per heavy atom. The lowest BCUT2D eigenvalue weighted by molar-refractivity contribution is 0.0946. The average Bonchev–Trinajstić information content (AvgIpc) is 2.83. The van der Waals surface area contributed by atoms with E-state index in [1.54, 1.807) is 17.6 Å². The minimum Gasteiger partial charge on any atom is -0.475 e. The molecule has 106 valence electrons. The van der Waals surface area contributed by atoms with Gasteiger partial charge in [-0.3, -0.25) is 4.79 Å². The molecule has 3 N–H and O–H groups in total. The smallest absolute Gasteiger partial charge is 0.271 e. The van der Waals surface area contributed by atoms with Gasteiger partial charge in [-0.05, 0) is 19.9 Å². The maximum Gasteiger partial charge on any atom is 0.271 e. The lowest BCUT2D eigenvalue weighted by atomic mass is 10.2. The molecule has 2 heterocycles. The summed E-state index contributed by atoms with van der Waals surface area (Å²) < 4.78 is 5.59. The summed E-state index contributed by atoms with van der Waals surface area (Å²) in [6, 6.07) is 3.66. The molecule has 6 nitrogen and oxygen atoms in total. The van der Waals surface area contributed by atoms with Crippen molar-refractivity contribution < 1.29 is 9.53 Å². The van der Waals surface area contributed by atoms with Gasteiger partial charge in [-0.15, -0.1) is 11.3 Å². The zero-order valence-electron chi connectivity index (χ0n) is 11.3. The van der Waals surface area contributed by atoms with E-state index in [-0.39, 0.29) is 12.0 Å². The number of thiazole rings is 1. The van der Waals surface area contributed by atoms with Crippen molar-refractivity contribution in [1.29, 1.82) is 0 Å². The first-order chi connectivity index (χ1) is 9.56. The average molecular weight is 292 g/mol. The van der Waals surface area contributed by atoms with Crippen LogP contribution in [0.25, 0.3) is 0 Å². The summed E-state index contributed by atoms with van der Waals surface area (Å²) in [6.45, 7) is 4.18. The topological polar surface area (TPSA) is 90.1 Å². The van der Waals surface area contributed by atoms with Gasteiger partial charge < -0.3 is 15.8 Å². The van der Waals surface area contributed by atoms with Crippen LogP contribution >= 0.6 is 11.3 Å². The van der Waals surface area contributed by atoms with Gasteiger partial charge in [-0.25, -0.2) is 9.97 Å². The van der Waals surface area contributed by atoms with Crippen LogP contribution in [0.15, 0.2) is 23.7 Å². The van der Waals surface area contributed by atoms with Crippen molar-refractivity contribution in [1.82, 2.24) is 15.3 Å². The summed E-state index contributed by atoms with van der Waals surface area (Å²) in [5, 5.41) is 4.77. The Bertz CT molecular complexity index is 598. The molecule has 1 amide bonds. The number of ether oxygens (including phenoxy) is 1. The minimum atomic E-state index is -0.266. The van der Waals surface area contributed by atoms with Crippen molar-refractivity contribution in [2.75, 3.05) is 5.73 Å². The summed E-state index contributed by atoms with van der Waals surface area (Å²) >= 11 is 1.23. The van der Waals surface area contributed by atoms with Gasteiger partial charge in [0.2, 0.25) is 5.88 Å². The highest BCUT2D eigenvalue weighted by atomic mass is 32.1. The second kappa shape index (κ2) is 6.33. The van der Waals surface area contributed by atoms with Gasteiger partial charge in [0.05, 0.1) is 6.10 Å². The van der Waals surface area contributed by atoms with Crippen LogP contribution in [0, 0.1) is 0 Å². The van der Waals surface area contributed by atoms with E-state index < -0.39 is 0 Å². The molecule has 2 aromatic heterocycles. The van der Waals surface area contributed by atoms with Gasteiger partial charge in [0.1, 0.15) is 5.69 Å². The maximum atomic E-state index is 11.9. The molecular weight excluding hydrogens is 276 g/mol. The number of carbonyl (C=O) groups excluding carboxylic acids is 1. The predicted molar refractivity (Wildman–Crippen MR) is 77.7 cm³/mol. The monoisotopic (exact) mass is 292 g/mol. The Morgan fingerprint density at radius 2 is 2.35 bits per heavy atom. The third kappa shape index (κ3) is 3.67. The van der Waals surface area contributed by atoms with Gasteiger partial charge in [-0.1, -0.05) is 6.07 Å². The van der Waals surface area contributed by atoms with Crippen LogP contribution in [0.4, 0.5) is 5.13 Å². The maximum absolute atomic E-state index is 11.9. The first-order valence-electron chi connectivity index (χ1n) is 6.16. The molecule has 0 aromatic carbocycles. The largest absolute Gasteiger partial charge is 0.475 e. The van der Waals surface area contributed by atoms with Crippen LogP contribution in [0.1, 0.15) is 29.9 Å². The first-order valence-corrected chi connectivity index (χ1v) is 7.04. The van der Waals surface area contributed by atoms with Gasteiger partial charge in [0.25, 0.3) is 5.91 Å². The second-order valence-corrected chi connectivity index (χ2v) is 5.28. The highest BCUT2D eigenvalue weighted by molar-refractivity contribution is 7.13. The summed E-state index contributed by atoms with van der Waals surface area (Å²) in [5.74, 6) is 0.262. The number of hydrogen-bond acceptors (Lipinski definition) is 6. The highest BCUT2D eigenvalue weighted by Gasteiger charge is 2.11. The van der Waals surface area contributed by atoms with Crippen molar-refractivity contribution in [3.8, 4) is 5.88 Å². The molecule has 2 rings (SSSR count). The van der Waals surface area contributed by atoms with Crippen molar-refractivity contribution >= 4 is 22.4 Å². The third-order valence-corrected chi connectivity index (χ3v) is 3.07. The molecule has 2 aromatic rings. The van der Waals surface area contributed by atoms with E-state index in [1.807, 2.05) is 19.9 Å². The number of nitrogen functional groups attached to an aromatic ring is 1. The number of amides is 1. The Morgan fingerprint density at radius 3 is 3.00 bits per heavy atom. The number of aromatic nitrogens is 2. The highest BCUT2D eigenvalue weighted by Crippen LogP contribution is 2.16. The van der Waals surface area contributed by atoms with E-state index in [9.17, 15) is 4.79 Å². The number of nitrogens with zero attached hydrogens (tertiary/aromatic N) is 2. The van der Waals surface area contributed by atoms with Gasteiger partial charge in [0, 0.05) is 23.7 Å². The van der Waals surface area contributed by atoms with Crippen molar-refractivity contribution in [2.45, 2.75) is 26.5 Å². The molecule has 0 aliphatic carbocycles. The van der Waals surface area contributed by atoms with Crippen LogP contribution in [0.3, 0.4) is 0 Å².